The molecule has 1 aliphatic rings. The van der Waals surface area contributed by atoms with Crippen molar-refractivity contribution in [2.45, 2.75) is 14.9 Å². The van der Waals surface area contributed by atoms with Crippen molar-refractivity contribution in [3.05, 3.63) is 60.9 Å². The number of hydrogen-bond acceptors (Lipinski definition) is 4. The van der Waals surface area contributed by atoms with Crippen LogP contribution in [0.3, 0.4) is 0 Å². The number of imidazole rings is 1. The first kappa shape index (κ1) is 15.4. The molecule has 1 aliphatic heterocycles. The van der Waals surface area contributed by atoms with Crippen LogP contribution in [0.1, 0.15) is 0 Å². The van der Waals surface area contributed by atoms with Gasteiger partial charge in [-0.25, -0.2) is 4.98 Å². The van der Waals surface area contributed by atoms with E-state index in [-0.39, 0.29) is 5.91 Å². The number of aromatic nitrogens is 2. The first-order valence-electron chi connectivity index (χ1n) is 7.53. The summed E-state index contributed by atoms with van der Waals surface area (Å²) < 4.78 is 1.92. The van der Waals surface area contributed by atoms with E-state index in [2.05, 4.69) is 17.1 Å². The van der Waals surface area contributed by atoms with Gasteiger partial charge < -0.3 is 4.57 Å². The van der Waals surface area contributed by atoms with Gasteiger partial charge in [-0.1, -0.05) is 47.8 Å². The molecule has 24 heavy (non-hydrogen) atoms. The third kappa shape index (κ3) is 2.72. The summed E-state index contributed by atoms with van der Waals surface area (Å²) >= 11 is 3.16. The average molecular weight is 353 g/mol. The number of amides is 1. The van der Waals surface area contributed by atoms with Crippen LogP contribution >= 0.6 is 23.5 Å². The Bertz CT molecular complexity index is 861. The van der Waals surface area contributed by atoms with Gasteiger partial charge in [-0.05, 0) is 24.3 Å². The van der Waals surface area contributed by atoms with Gasteiger partial charge in [-0.15, -0.1) is 0 Å². The van der Waals surface area contributed by atoms with Crippen molar-refractivity contribution in [2.24, 2.45) is 7.05 Å². The molecule has 4 nitrogen and oxygen atoms in total. The fourth-order valence-electron chi connectivity index (χ4n) is 2.66. The Hall–Kier alpha value is -2.18. The van der Waals surface area contributed by atoms with E-state index in [4.69, 9.17) is 0 Å². The maximum absolute atomic E-state index is 13.0. The number of anilines is 2. The predicted molar refractivity (Wildman–Crippen MR) is 98.1 cm³/mol. The predicted octanol–water partition coefficient (Wildman–Crippen LogP) is 4.34. The van der Waals surface area contributed by atoms with Crippen LogP contribution in [0, 0.1) is 0 Å². The van der Waals surface area contributed by atoms with Crippen molar-refractivity contribution < 1.29 is 4.79 Å². The second kappa shape index (κ2) is 6.37. The van der Waals surface area contributed by atoms with E-state index >= 15 is 0 Å². The third-order valence-corrected chi connectivity index (χ3v) is 5.96. The Morgan fingerprint density at radius 3 is 2.29 bits per heavy atom. The summed E-state index contributed by atoms with van der Waals surface area (Å²) in [6.07, 6.45) is 3.63. The lowest BCUT2D eigenvalue weighted by Crippen LogP contribution is -2.30. The SMILES string of the molecule is Cn1ccnc1SCC(=O)N1c2ccccc2Sc2ccccc21. The summed E-state index contributed by atoms with van der Waals surface area (Å²) in [5, 5.41) is 0.844. The van der Waals surface area contributed by atoms with Crippen LogP contribution in [0.5, 0.6) is 0 Å². The molecule has 3 aromatic rings. The molecule has 1 amide bonds. The van der Waals surface area contributed by atoms with E-state index in [1.807, 2.05) is 59.1 Å². The Labute approximate surface area is 148 Å². The van der Waals surface area contributed by atoms with Crippen molar-refractivity contribution in [2.75, 3.05) is 10.7 Å². The van der Waals surface area contributed by atoms with Gasteiger partial charge in [0.05, 0.1) is 17.1 Å². The van der Waals surface area contributed by atoms with Gasteiger partial charge in [-0.3, -0.25) is 9.69 Å². The average Bonchev–Trinajstić information content (AvgIpc) is 3.02. The van der Waals surface area contributed by atoms with Gasteiger partial charge in [0, 0.05) is 29.2 Å². The quantitative estimate of drug-likeness (QED) is 0.657. The molecule has 0 bridgehead atoms. The monoisotopic (exact) mass is 353 g/mol. The standard InChI is InChI=1S/C18H15N3OS2/c1-20-11-10-19-18(20)23-12-17(22)21-13-6-2-4-8-15(13)24-16-9-5-3-7-14(16)21/h2-11H,12H2,1H3. The van der Waals surface area contributed by atoms with Crippen LogP contribution in [-0.4, -0.2) is 21.2 Å². The van der Waals surface area contributed by atoms with Gasteiger partial charge in [0.15, 0.2) is 5.16 Å². The number of benzene rings is 2. The van der Waals surface area contributed by atoms with Gasteiger partial charge in [0.2, 0.25) is 5.91 Å². The van der Waals surface area contributed by atoms with Crippen LogP contribution < -0.4 is 4.90 Å². The van der Waals surface area contributed by atoms with Crippen LogP contribution in [0.2, 0.25) is 0 Å². The van der Waals surface area contributed by atoms with Crippen molar-refractivity contribution in [3.8, 4) is 0 Å². The number of carbonyl (C=O) groups is 1. The van der Waals surface area contributed by atoms with Gasteiger partial charge in [0.25, 0.3) is 0 Å². The smallest absolute Gasteiger partial charge is 0.242 e. The number of fused-ring (bicyclic) bond motifs is 2. The minimum atomic E-state index is 0.0585. The zero-order valence-electron chi connectivity index (χ0n) is 13.0. The molecule has 0 atom stereocenters. The molecular formula is C18H15N3OS2. The summed E-state index contributed by atoms with van der Waals surface area (Å²) in [4.78, 5) is 21.3. The normalized spacial score (nSPS) is 12.6. The number of para-hydroxylation sites is 2. The Morgan fingerprint density at radius 2 is 1.71 bits per heavy atom. The van der Waals surface area contributed by atoms with E-state index in [1.54, 1.807) is 18.0 Å². The zero-order valence-corrected chi connectivity index (χ0v) is 14.7. The molecule has 0 N–H and O–H groups in total. The molecule has 0 unspecified atom stereocenters. The van der Waals surface area contributed by atoms with E-state index in [1.165, 1.54) is 11.8 Å². The molecule has 2 aromatic carbocycles. The molecule has 6 heteroatoms. The fraction of sp³-hybridized carbons (Fsp3) is 0.111. The molecule has 0 aliphatic carbocycles. The first-order chi connectivity index (χ1) is 11.7. The molecule has 0 saturated carbocycles. The van der Waals surface area contributed by atoms with Gasteiger partial charge in [0.1, 0.15) is 0 Å². The van der Waals surface area contributed by atoms with E-state index in [9.17, 15) is 4.79 Å². The molecule has 2 heterocycles. The fourth-order valence-corrected chi connectivity index (χ4v) is 4.49. The largest absolute Gasteiger partial charge is 0.329 e. The molecule has 0 saturated heterocycles. The van der Waals surface area contributed by atoms with Crippen LogP contribution in [0.4, 0.5) is 11.4 Å². The van der Waals surface area contributed by atoms with Gasteiger partial charge in [-0.2, -0.15) is 0 Å². The summed E-state index contributed by atoms with van der Waals surface area (Å²) in [7, 11) is 1.93. The summed E-state index contributed by atoms with van der Waals surface area (Å²) in [5.74, 6) is 0.404. The van der Waals surface area contributed by atoms with Crippen LogP contribution in [0.25, 0.3) is 0 Å². The second-order valence-corrected chi connectivity index (χ2v) is 7.40. The Morgan fingerprint density at radius 1 is 1.08 bits per heavy atom. The van der Waals surface area contributed by atoms with Crippen molar-refractivity contribution in [1.29, 1.82) is 0 Å². The molecule has 0 spiro atoms. The van der Waals surface area contributed by atoms with Crippen LogP contribution in [0.15, 0.2) is 75.9 Å². The summed E-state index contributed by atoms with van der Waals surface area (Å²) in [6.45, 7) is 0. The van der Waals surface area contributed by atoms with E-state index in [0.29, 0.717) is 5.75 Å². The van der Waals surface area contributed by atoms with Crippen molar-refractivity contribution in [3.63, 3.8) is 0 Å². The highest BCUT2D eigenvalue weighted by Gasteiger charge is 2.27. The molecule has 1 aromatic heterocycles. The topological polar surface area (TPSA) is 38.1 Å². The first-order valence-corrected chi connectivity index (χ1v) is 9.33. The number of hydrogen-bond donors (Lipinski definition) is 0. The number of aryl methyl sites for hydroxylation is 1. The van der Waals surface area contributed by atoms with Crippen LogP contribution in [-0.2, 0) is 11.8 Å². The molecule has 0 fully saturated rings. The molecule has 120 valence electrons. The highest BCUT2D eigenvalue weighted by Crippen LogP contribution is 2.48. The molecule has 0 radical (unpaired) electrons. The maximum atomic E-state index is 13.0. The zero-order chi connectivity index (χ0) is 16.5. The number of thioether (sulfide) groups is 1. The summed E-state index contributed by atoms with van der Waals surface area (Å²) in [5.41, 5.74) is 1.90. The van der Waals surface area contributed by atoms with E-state index in [0.717, 1.165) is 26.3 Å². The lowest BCUT2D eigenvalue weighted by Gasteiger charge is -2.30. The molecular weight excluding hydrogens is 338 g/mol. The van der Waals surface area contributed by atoms with Crippen molar-refractivity contribution >= 4 is 40.8 Å². The highest BCUT2D eigenvalue weighted by molar-refractivity contribution is 8.00. The third-order valence-electron chi connectivity index (χ3n) is 3.78. The molecule has 4 rings (SSSR count). The maximum Gasteiger partial charge on any atom is 0.242 e. The number of carbonyl (C=O) groups excluding carboxylic acids is 1. The van der Waals surface area contributed by atoms with Gasteiger partial charge >= 0.3 is 0 Å². The number of rotatable bonds is 3. The Balaban J connectivity index is 1.66. The van der Waals surface area contributed by atoms with E-state index < -0.39 is 0 Å². The number of nitrogens with zero attached hydrogens (tertiary/aromatic N) is 3. The highest BCUT2D eigenvalue weighted by atomic mass is 32.2. The minimum Gasteiger partial charge on any atom is -0.329 e. The Kier molecular flexibility index (Phi) is 4.08. The lowest BCUT2D eigenvalue weighted by molar-refractivity contribution is -0.115. The second-order valence-electron chi connectivity index (χ2n) is 5.38. The van der Waals surface area contributed by atoms with Crippen molar-refractivity contribution in [1.82, 2.24) is 9.55 Å². The minimum absolute atomic E-state index is 0.0585. The summed E-state index contributed by atoms with van der Waals surface area (Å²) in [6, 6.07) is 16.1. The lowest BCUT2D eigenvalue weighted by atomic mass is 10.2.